The average molecular weight is 383 g/mol. The van der Waals surface area contributed by atoms with Gasteiger partial charge in [-0.15, -0.1) is 0 Å². The Balaban J connectivity index is 2.56. The molecule has 0 aliphatic carbocycles. The van der Waals surface area contributed by atoms with Crippen LogP contribution in [0.3, 0.4) is 0 Å². The molecule has 2 rings (SSSR count). The van der Waals surface area contributed by atoms with Crippen molar-refractivity contribution in [2.75, 3.05) is 0 Å². The lowest BCUT2D eigenvalue weighted by Crippen LogP contribution is -2.10. The molecule has 6 nitrogen and oxygen atoms in total. The van der Waals surface area contributed by atoms with E-state index in [0.717, 1.165) is 5.56 Å². The molecule has 0 saturated heterocycles. The van der Waals surface area contributed by atoms with Gasteiger partial charge in [0.1, 0.15) is 11.6 Å². The number of nitrogens with zero attached hydrogens (tertiary/aromatic N) is 2. The molecule has 0 aliphatic rings. The van der Waals surface area contributed by atoms with Crippen molar-refractivity contribution in [2.24, 2.45) is 5.73 Å². The van der Waals surface area contributed by atoms with Crippen LogP contribution in [0.1, 0.15) is 41.0 Å². The summed E-state index contributed by atoms with van der Waals surface area (Å²) in [6.07, 6.45) is 3.16. The van der Waals surface area contributed by atoms with Gasteiger partial charge in [0.15, 0.2) is 0 Å². The first-order valence-corrected chi connectivity index (χ1v) is 8.85. The summed E-state index contributed by atoms with van der Waals surface area (Å²) in [5, 5.41) is 8.82. The van der Waals surface area contributed by atoms with Gasteiger partial charge in [-0.25, -0.2) is 14.4 Å². The zero-order chi connectivity index (χ0) is 20.5. The van der Waals surface area contributed by atoms with E-state index in [1.165, 1.54) is 18.3 Å². The number of halogens is 1. The molecule has 1 aromatic carbocycles. The average Bonchev–Trinajstić information content (AvgIpc) is 2.64. The number of unbranched alkanes of at least 4 members (excludes halogenated alkanes) is 1. The second kappa shape index (κ2) is 10.1. The number of benzene rings is 1. The second-order valence-electron chi connectivity index (χ2n) is 6.24. The maximum Gasteiger partial charge on any atom is 0.303 e. The normalized spacial score (nSPS) is 10.2. The predicted octanol–water partition coefficient (Wildman–Crippen LogP) is 3.61. The number of amides is 1. The van der Waals surface area contributed by atoms with E-state index in [9.17, 15) is 14.0 Å². The largest absolute Gasteiger partial charge is 0.481 e. The number of carboxylic acids is 1. The number of aromatic nitrogens is 2. The third-order valence-corrected chi connectivity index (χ3v) is 4.03. The van der Waals surface area contributed by atoms with E-state index < -0.39 is 11.9 Å². The Bertz CT molecular complexity index is 913. The van der Waals surface area contributed by atoms with Gasteiger partial charge in [0.05, 0.1) is 11.3 Å². The molecule has 1 amide bonds. The van der Waals surface area contributed by atoms with Crippen molar-refractivity contribution < 1.29 is 19.1 Å². The Labute approximate surface area is 162 Å². The summed E-state index contributed by atoms with van der Waals surface area (Å²) < 4.78 is 13.3. The van der Waals surface area contributed by atoms with Crippen LogP contribution in [0, 0.1) is 12.7 Å². The monoisotopic (exact) mass is 383 g/mol. The van der Waals surface area contributed by atoms with Gasteiger partial charge < -0.3 is 10.8 Å². The van der Waals surface area contributed by atoms with Crippen molar-refractivity contribution in [1.82, 2.24) is 9.97 Å². The van der Waals surface area contributed by atoms with Gasteiger partial charge in [0.25, 0.3) is 0 Å². The lowest BCUT2D eigenvalue weighted by atomic mass is 10.0. The van der Waals surface area contributed by atoms with Gasteiger partial charge in [0.2, 0.25) is 5.91 Å². The number of rotatable bonds is 7. The summed E-state index contributed by atoms with van der Waals surface area (Å²) in [6, 6.07) is 11.0. The maximum absolute atomic E-state index is 13.3. The molecule has 2 aromatic rings. The van der Waals surface area contributed by atoms with Crippen LogP contribution >= 0.6 is 0 Å². The Morgan fingerprint density at radius 2 is 1.82 bits per heavy atom. The lowest BCUT2D eigenvalue weighted by Gasteiger charge is -2.08. The second-order valence-corrected chi connectivity index (χ2v) is 6.24. The molecular weight excluding hydrogens is 361 g/mol. The SMILES string of the molecule is Cc1ncc(C(N)=O)cccc(CCCCC(=O)O)c(-c2ccc(F)cc2)n1. The van der Waals surface area contributed by atoms with Gasteiger partial charge in [-0.05, 0) is 62.1 Å². The molecule has 1 heterocycles. The molecule has 7 heteroatoms. The summed E-state index contributed by atoms with van der Waals surface area (Å²) in [6.45, 7) is 1.69. The molecular formula is C21H22FN3O3. The lowest BCUT2D eigenvalue weighted by molar-refractivity contribution is -0.137. The molecule has 0 saturated carbocycles. The topological polar surface area (TPSA) is 106 Å². The first-order chi connectivity index (χ1) is 13.4. The molecule has 0 radical (unpaired) electrons. The summed E-state index contributed by atoms with van der Waals surface area (Å²) in [5.41, 5.74) is 7.74. The van der Waals surface area contributed by atoms with Crippen LogP contribution in [0.2, 0.25) is 0 Å². The van der Waals surface area contributed by atoms with E-state index in [4.69, 9.17) is 10.8 Å². The zero-order valence-corrected chi connectivity index (χ0v) is 15.6. The first kappa shape index (κ1) is 21.0. The minimum atomic E-state index is -0.841. The van der Waals surface area contributed by atoms with Gasteiger partial charge in [0, 0.05) is 18.2 Å². The quantitative estimate of drug-likeness (QED) is 0.711. The Morgan fingerprint density at radius 1 is 1.11 bits per heavy atom. The van der Waals surface area contributed by atoms with Crippen molar-refractivity contribution in [3.05, 3.63) is 71.4 Å². The number of nitrogens with two attached hydrogens (primary N) is 1. The van der Waals surface area contributed by atoms with Crippen molar-refractivity contribution in [3.63, 3.8) is 0 Å². The Hall–Kier alpha value is -3.35. The summed E-state index contributed by atoms with van der Waals surface area (Å²) in [4.78, 5) is 31.0. The molecule has 3 N–H and O–H groups in total. The van der Waals surface area contributed by atoms with E-state index >= 15 is 0 Å². The highest BCUT2D eigenvalue weighted by Crippen LogP contribution is 2.22. The van der Waals surface area contributed by atoms with Crippen LogP contribution in [-0.4, -0.2) is 27.0 Å². The van der Waals surface area contributed by atoms with E-state index in [-0.39, 0.29) is 17.8 Å². The number of carboxylic acid groups (broad SMARTS) is 1. The molecule has 0 fully saturated rings. The molecule has 1 aromatic heterocycles. The minimum Gasteiger partial charge on any atom is -0.481 e. The van der Waals surface area contributed by atoms with Crippen LogP contribution < -0.4 is 5.73 Å². The summed E-state index contributed by atoms with van der Waals surface area (Å²) >= 11 is 0. The van der Waals surface area contributed by atoms with Crippen molar-refractivity contribution in [2.45, 2.75) is 32.6 Å². The van der Waals surface area contributed by atoms with Gasteiger partial charge in [-0.1, -0.05) is 12.1 Å². The van der Waals surface area contributed by atoms with Crippen molar-refractivity contribution in [1.29, 1.82) is 0 Å². The number of hydrogen-bond acceptors (Lipinski definition) is 4. The molecule has 146 valence electrons. The molecule has 28 heavy (non-hydrogen) atoms. The maximum atomic E-state index is 13.3. The van der Waals surface area contributed by atoms with Gasteiger partial charge in [-0.3, -0.25) is 9.59 Å². The van der Waals surface area contributed by atoms with Crippen LogP contribution in [-0.2, 0) is 11.2 Å². The van der Waals surface area contributed by atoms with Gasteiger partial charge in [-0.2, -0.15) is 0 Å². The van der Waals surface area contributed by atoms with Gasteiger partial charge >= 0.3 is 5.97 Å². The number of carbonyl (C=O) groups is 2. The first-order valence-electron chi connectivity index (χ1n) is 8.85. The molecule has 0 bridgehead atoms. The molecule has 0 spiro atoms. The van der Waals surface area contributed by atoms with Crippen LogP contribution in [0.25, 0.3) is 11.3 Å². The van der Waals surface area contributed by atoms with E-state index in [0.29, 0.717) is 36.3 Å². The summed E-state index contributed by atoms with van der Waals surface area (Å²) in [5.74, 6) is -1.39. The van der Waals surface area contributed by atoms with E-state index in [2.05, 4.69) is 9.97 Å². The highest BCUT2D eigenvalue weighted by atomic mass is 19.1. The Morgan fingerprint density at radius 3 is 2.46 bits per heavy atom. The van der Waals surface area contributed by atoms with E-state index in [1.807, 2.05) is 0 Å². The fraction of sp³-hybridized carbons (Fsp3) is 0.238. The summed E-state index contributed by atoms with van der Waals surface area (Å²) in [7, 11) is 0. The smallest absolute Gasteiger partial charge is 0.303 e. The van der Waals surface area contributed by atoms with E-state index in [1.54, 1.807) is 37.3 Å². The van der Waals surface area contributed by atoms with Crippen LogP contribution in [0.4, 0.5) is 4.39 Å². The Kier molecular flexibility index (Phi) is 7.56. The standard InChI is InChI=1S/C21H22FN3O3/c1-14-24-13-17(21(23)28)7-4-6-15(5-2-3-8-19(26)27)20(25-14)16-9-11-18(22)12-10-16/h4,6-7,9-13H,2-3,5,8H2,1H3,(H2,23,28)(H,26,27). The van der Waals surface area contributed by atoms with Crippen molar-refractivity contribution in [3.8, 4) is 11.3 Å². The third-order valence-electron chi connectivity index (χ3n) is 4.03. The van der Waals surface area contributed by atoms with Crippen LogP contribution in [0.5, 0.6) is 0 Å². The third kappa shape index (κ3) is 6.42. The number of aryl methyl sites for hydroxylation is 2. The number of hydrogen-bond donors (Lipinski definition) is 2. The minimum absolute atomic E-state index is 0.0845. The molecule has 0 atom stereocenters. The fourth-order valence-electron chi connectivity index (χ4n) is 2.61. The highest BCUT2D eigenvalue weighted by Gasteiger charge is 2.07. The molecule has 0 aliphatic heterocycles. The zero-order valence-electron chi connectivity index (χ0n) is 15.6. The predicted molar refractivity (Wildman–Crippen MR) is 103 cm³/mol. The number of aliphatic carboxylic acids is 1. The highest BCUT2D eigenvalue weighted by molar-refractivity contribution is 5.92. The molecule has 0 unspecified atom stereocenters. The van der Waals surface area contributed by atoms with Crippen molar-refractivity contribution >= 4 is 11.9 Å². The number of primary amides is 1. The van der Waals surface area contributed by atoms with Crippen LogP contribution in [0.15, 0.2) is 48.7 Å². The fourth-order valence-corrected chi connectivity index (χ4v) is 2.61. The number of carbonyl (C=O) groups excluding carboxylic acids is 1.